The Labute approximate surface area is 167 Å². The van der Waals surface area contributed by atoms with Crippen LogP contribution in [0.4, 0.5) is 4.39 Å². The zero-order chi connectivity index (χ0) is 20.8. The molecule has 6 nitrogen and oxygen atoms in total. The van der Waals surface area contributed by atoms with E-state index in [2.05, 4.69) is 0 Å². The van der Waals surface area contributed by atoms with Gasteiger partial charge in [-0.25, -0.2) is 21.6 Å². The number of aryl methyl sites for hydroxylation is 1. The number of carbonyl (C=O) groups is 1. The Kier molecular flexibility index (Phi) is 4.66. The summed E-state index contributed by atoms with van der Waals surface area (Å²) in [4.78, 5) is 12.1. The monoisotopic (exact) mass is 415 g/mol. The van der Waals surface area contributed by atoms with Gasteiger partial charge in [0.25, 0.3) is 10.0 Å². The third-order valence-electron chi connectivity index (χ3n) is 5.05. The lowest BCUT2D eigenvalue weighted by molar-refractivity contribution is 0.0599. The second-order valence-corrected chi connectivity index (χ2v) is 8.46. The average molecular weight is 415 g/mol. The fourth-order valence-corrected chi connectivity index (χ4v) is 5.10. The predicted molar refractivity (Wildman–Crippen MR) is 104 cm³/mol. The van der Waals surface area contributed by atoms with E-state index in [4.69, 9.17) is 9.47 Å². The van der Waals surface area contributed by atoms with E-state index in [-0.39, 0.29) is 10.5 Å². The molecule has 3 aromatic rings. The second kappa shape index (κ2) is 7.04. The Morgan fingerprint density at radius 2 is 1.90 bits per heavy atom. The van der Waals surface area contributed by atoms with Crippen LogP contribution >= 0.6 is 0 Å². The third-order valence-corrected chi connectivity index (χ3v) is 6.70. The molecule has 29 heavy (non-hydrogen) atoms. The molecule has 0 N–H and O–H groups in total. The van der Waals surface area contributed by atoms with Gasteiger partial charge in [-0.1, -0.05) is 6.07 Å². The molecule has 0 unspecified atom stereocenters. The summed E-state index contributed by atoms with van der Waals surface area (Å²) in [5.74, 6) is -0.622. The van der Waals surface area contributed by atoms with E-state index in [0.717, 1.165) is 15.6 Å². The van der Waals surface area contributed by atoms with E-state index >= 15 is 0 Å². The van der Waals surface area contributed by atoms with E-state index in [1.807, 2.05) is 6.07 Å². The van der Waals surface area contributed by atoms with Crippen LogP contribution in [0.25, 0.3) is 11.3 Å². The van der Waals surface area contributed by atoms with Gasteiger partial charge in [-0.15, -0.1) is 0 Å². The van der Waals surface area contributed by atoms with Crippen LogP contribution in [-0.2, 0) is 27.6 Å². The summed E-state index contributed by atoms with van der Waals surface area (Å²) in [6.45, 7) is 0. The smallest absolute Gasteiger partial charge is 0.339 e. The molecular weight excluding hydrogens is 397 g/mol. The molecule has 1 heterocycles. The minimum absolute atomic E-state index is 0.184. The SMILES string of the molecule is COC(=O)c1cn(S(=O)(=O)c2cccc(F)c2)c2c1CCc1cc(OC)ccc1-2. The number of hydrogen-bond acceptors (Lipinski definition) is 5. The first-order valence-electron chi connectivity index (χ1n) is 8.87. The lowest BCUT2D eigenvalue weighted by atomic mass is 9.88. The average Bonchev–Trinajstić information content (AvgIpc) is 3.13. The molecule has 1 aliphatic carbocycles. The standard InChI is InChI=1S/C21H18FNO5S/c1-27-15-7-9-17-13(10-15)6-8-18-19(21(24)28-2)12-23(20(17)18)29(25,26)16-5-3-4-14(22)11-16/h3-5,7,9-12H,6,8H2,1-2H3. The van der Waals surface area contributed by atoms with Gasteiger partial charge in [-0.05, 0) is 60.4 Å². The molecule has 1 aliphatic rings. The largest absolute Gasteiger partial charge is 0.497 e. The van der Waals surface area contributed by atoms with Gasteiger partial charge in [-0.2, -0.15) is 0 Å². The molecule has 4 rings (SSSR count). The summed E-state index contributed by atoms with van der Waals surface area (Å²) in [6.07, 6.45) is 2.34. The molecule has 0 bridgehead atoms. The van der Waals surface area contributed by atoms with Crippen LogP contribution in [0.5, 0.6) is 5.75 Å². The lowest BCUT2D eigenvalue weighted by Gasteiger charge is -2.20. The Morgan fingerprint density at radius 3 is 2.59 bits per heavy atom. The van der Waals surface area contributed by atoms with Crippen molar-refractivity contribution in [1.82, 2.24) is 3.97 Å². The molecule has 0 fully saturated rings. The molecule has 0 saturated carbocycles. The summed E-state index contributed by atoms with van der Waals surface area (Å²) < 4.78 is 51.5. The molecule has 0 aliphatic heterocycles. The van der Waals surface area contributed by atoms with Crippen molar-refractivity contribution in [3.05, 3.63) is 71.2 Å². The van der Waals surface area contributed by atoms with Crippen LogP contribution in [0.15, 0.2) is 53.6 Å². The number of halogens is 1. The van der Waals surface area contributed by atoms with Crippen molar-refractivity contribution in [3.8, 4) is 17.0 Å². The molecule has 150 valence electrons. The van der Waals surface area contributed by atoms with E-state index in [9.17, 15) is 17.6 Å². The maximum Gasteiger partial charge on any atom is 0.339 e. The molecule has 0 amide bonds. The molecule has 1 aromatic heterocycles. The number of nitrogens with zero attached hydrogens (tertiary/aromatic N) is 1. The van der Waals surface area contributed by atoms with Crippen LogP contribution in [-0.4, -0.2) is 32.6 Å². The maximum atomic E-state index is 13.7. The van der Waals surface area contributed by atoms with Gasteiger partial charge in [0, 0.05) is 11.8 Å². The number of carbonyl (C=O) groups excluding carboxylic acids is 1. The molecule has 8 heteroatoms. The van der Waals surface area contributed by atoms with Crippen LogP contribution in [0.2, 0.25) is 0 Å². The Bertz CT molecular complexity index is 1230. The van der Waals surface area contributed by atoms with Crippen molar-refractivity contribution >= 4 is 16.0 Å². The van der Waals surface area contributed by atoms with Crippen molar-refractivity contribution in [3.63, 3.8) is 0 Å². The minimum Gasteiger partial charge on any atom is -0.497 e. The third kappa shape index (κ3) is 3.09. The normalized spacial score (nSPS) is 12.8. The maximum absolute atomic E-state index is 13.7. The molecule has 0 atom stereocenters. The van der Waals surface area contributed by atoms with E-state index in [1.54, 1.807) is 19.2 Å². The molecular formula is C21H18FNO5S. The van der Waals surface area contributed by atoms with Crippen molar-refractivity contribution in [2.45, 2.75) is 17.7 Å². The van der Waals surface area contributed by atoms with Gasteiger partial charge in [0.05, 0.1) is 30.4 Å². The van der Waals surface area contributed by atoms with Crippen LogP contribution < -0.4 is 4.74 Å². The van der Waals surface area contributed by atoms with Crippen LogP contribution in [0.3, 0.4) is 0 Å². The number of fused-ring (bicyclic) bond motifs is 3. The first-order chi connectivity index (χ1) is 13.9. The van der Waals surface area contributed by atoms with Crippen LogP contribution in [0.1, 0.15) is 21.5 Å². The molecule has 0 spiro atoms. The first kappa shape index (κ1) is 19.2. The zero-order valence-electron chi connectivity index (χ0n) is 15.8. The highest BCUT2D eigenvalue weighted by Gasteiger charge is 2.32. The summed E-state index contributed by atoms with van der Waals surface area (Å²) in [7, 11) is -1.34. The highest BCUT2D eigenvalue weighted by molar-refractivity contribution is 7.90. The van der Waals surface area contributed by atoms with Gasteiger partial charge in [-0.3, -0.25) is 0 Å². The first-order valence-corrected chi connectivity index (χ1v) is 10.3. The van der Waals surface area contributed by atoms with Crippen LogP contribution in [0, 0.1) is 5.82 Å². The Balaban J connectivity index is 2.01. The number of hydrogen-bond donors (Lipinski definition) is 0. The van der Waals surface area contributed by atoms with Crippen molar-refractivity contribution in [1.29, 1.82) is 0 Å². The number of ether oxygens (including phenoxy) is 2. The molecule has 0 saturated heterocycles. The van der Waals surface area contributed by atoms with Gasteiger partial charge in [0.2, 0.25) is 0 Å². The van der Waals surface area contributed by atoms with E-state index < -0.39 is 21.8 Å². The van der Waals surface area contributed by atoms with Gasteiger partial charge in [0.1, 0.15) is 11.6 Å². The van der Waals surface area contributed by atoms with Gasteiger partial charge < -0.3 is 9.47 Å². The lowest BCUT2D eigenvalue weighted by Crippen LogP contribution is -2.16. The zero-order valence-corrected chi connectivity index (χ0v) is 16.6. The van der Waals surface area contributed by atoms with Crippen molar-refractivity contribution in [2.24, 2.45) is 0 Å². The number of aromatic nitrogens is 1. The van der Waals surface area contributed by atoms with Crippen molar-refractivity contribution < 1.29 is 27.1 Å². The fraction of sp³-hybridized carbons (Fsp3) is 0.190. The number of esters is 1. The van der Waals surface area contributed by atoms with E-state index in [1.165, 1.54) is 31.5 Å². The summed E-state index contributed by atoms with van der Waals surface area (Å²) in [6, 6.07) is 10.1. The summed E-state index contributed by atoms with van der Waals surface area (Å²) >= 11 is 0. The molecule has 0 radical (unpaired) electrons. The second-order valence-electron chi connectivity index (χ2n) is 6.64. The van der Waals surface area contributed by atoms with Gasteiger partial charge in [0.15, 0.2) is 0 Å². The highest BCUT2D eigenvalue weighted by Crippen LogP contribution is 2.40. The number of benzene rings is 2. The quantitative estimate of drug-likeness (QED) is 0.611. The van der Waals surface area contributed by atoms with E-state index in [0.29, 0.717) is 35.4 Å². The fourth-order valence-electron chi connectivity index (χ4n) is 3.67. The topological polar surface area (TPSA) is 74.6 Å². The highest BCUT2D eigenvalue weighted by atomic mass is 32.2. The Morgan fingerprint density at radius 1 is 1.10 bits per heavy atom. The van der Waals surface area contributed by atoms with Gasteiger partial charge >= 0.3 is 5.97 Å². The minimum atomic E-state index is -4.14. The van der Waals surface area contributed by atoms with Crippen molar-refractivity contribution in [2.75, 3.05) is 14.2 Å². The molecule has 2 aromatic carbocycles. The number of methoxy groups -OCH3 is 2. The predicted octanol–water partition coefficient (Wildman–Crippen LogP) is 3.43. The number of rotatable bonds is 4. The summed E-state index contributed by atoms with van der Waals surface area (Å²) in [5, 5.41) is 0. The Hall–Kier alpha value is -3.13. The summed E-state index contributed by atoms with van der Waals surface area (Å²) in [5.41, 5.74) is 2.75.